The van der Waals surface area contributed by atoms with Crippen LogP contribution >= 0.6 is 0 Å². The van der Waals surface area contributed by atoms with E-state index in [0.29, 0.717) is 30.8 Å². The maximum absolute atomic E-state index is 11.7. The van der Waals surface area contributed by atoms with Gasteiger partial charge in [-0.2, -0.15) is 0 Å². The average Bonchev–Trinajstić information content (AvgIpc) is 2.78. The van der Waals surface area contributed by atoms with Gasteiger partial charge in [0.15, 0.2) is 11.9 Å². The van der Waals surface area contributed by atoms with Crippen LogP contribution in [0.3, 0.4) is 0 Å². The first-order chi connectivity index (χ1) is 16.5. The maximum atomic E-state index is 11.7. The zero-order chi connectivity index (χ0) is 25.5. The van der Waals surface area contributed by atoms with Crippen molar-refractivity contribution in [3.63, 3.8) is 0 Å². The van der Waals surface area contributed by atoms with Gasteiger partial charge in [-0.3, -0.25) is 9.52 Å². The lowest BCUT2D eigenvalue weighted by atomic mass is 9.90. The van der Waals surface area contributed by atoms with Crippen LogP contribution in [-0.4, -0.2) is 44.2 Å². The lowest BCUT2D eigenvalue weighted by Crippen LogP contribution is -2.50. The lowest BCUT2D eigenvalue weighted by Gasteiger charge is -2.43. The topological polar surface area (TPSA) is 111 Å². The van der Waals surface area contributed by atoms with Crippen molar-refractivity contribution in [2.75, 3.05) is 12.9 Å². The average molecular weight is 504 g/mol. The number of allylic oxidation sites excluding steroid dienone is 2. The molecule has 190 valence electrons. The fourth-order valence-electron chi connectivity index (χ4n) is 3.89. The number of ether oxygens (including phenoxy) is 3. The third-order valence-electron chi connectivity index (χ3n) is 5.54. The zero-order valence-corrected chi connectivity index (χ0v) is 21.0. The molecular weight excluding hydrogens is 470 g/mol. The molecular formula is C26H33NO7S. The number of carbonyl (C=O) groups excluding carboxylic acids is 1. The van der Waals surface area contributed by atoms with Gasteiger partial charge in [0.1, 0.15) is 11.5 Å². The summed E-state index contributed by atoms with van der Waals surface area (Å²) in [5, 5.41) is 10.5. The Morgan fingerprint density at radius 3 is 2.51 bits per heavy atom. The molecule has 0 bridgehead atoms. The van der Waals surface area contributed by atoms with Gasteiger partial charge < -0.3 is 19.3 Å². The van der Waals surface area contributed by atoms with Crippen LogP contribution in [-0.2, 0) is 24.3 Å². The largest absolute Gasteiger partial charge is 0.508 e. The number of hydrogen-bond donors (Lipinski definition) is 2. The summed E-state index contributed by atoms with van der Waals surface area (Å²) in [5.74, 6) is 0.213. The van der Waals surface area contributed by atoms with E-state index >= 15 is 0 Å². The smallest absolute Gasteiger partial charge is 0.233 e. The monoisotopic (exact) mass is 503 g/mol. The predicted molar refractivity (Wildman–Crippen MR) is 132 cm³/mol. The molecule has 0 aromatic heterocycles. The minimum absolute atomic E-state index is 0.0667. The van der Waals surface area contributed by atoms with Crippen molar-refractivity contribution in [2.24, 2.45) is 5.92 Å². The van der Waals surface area contributed by atoms with E-state index in [-0.39, 0.29) is 18.1 Å². The van der Waals surface area contributed by atoms with Gasteiger partial charge in [0, 0.05) is 17.9 Å². The first-order valence-corrected chi connectivity index (χ1v) is 13.4. The quantitative estimate of drug-likeness (QED) is 0.470. The van der Waals surface area contributed by atoms with Crippen molar-refractivity contribution >= 4 is 15.9 Å². The zero-order valence-electron chi connectivity index (χ0n) is 20.2. The number of hydrogen-bond acceptors (Lipinski definition) is 7. The third kappa shape index (κ3) is 8.09. The first-order valence-electron chi connectivity index (χ1n) is 11.5. The molecule has 1 fully saturated rings. The minimum Gasteiger partial charge on any atom is -0.508 e. The summed E-state index contributed by atoms with van der Waals surface area (Å²) in [6.07, 6.45) is 4.64. The third-order valence-corrected chi connectivity index (χ3v) is 6.14. The number of aromatic hydroxyl groups is 1. The Bertz CT molecular complexity index is 1120. The fourth-order valence-corrected chi connectivity index (χ4v) is 4.41. The van der Waals surface area contributed by atoms with Crippen LogP contribution in [0, 0.1) is 5.92 Å². The highest BCUT2D eigenvalue weighted by Crippen LogP contribution is 2.41. The number of phenolic OH excluding ortho intramolecular Hbond substituents is 1. The van der Waals surface area contributed by atoms with E-state index in [2.05, 4.69) is 0 Å². The molecule has 2 aromatic carbocycles. The van der Waals surface area contributed by atoms with E-state index in [4.69, 9.17) is 14.2 Å². The summed E-state index contributed by atoms with van der Waals surface area (Å²) in [7, 11) is -3.55. The van der Waals surface area contributed by atoms with Gasteiger partial charge in [-0.15, -0.1) is 0 Å². The molecule has 0 aliphatic carbocycles. The highest BCUT2D eigenvalue weighted by Gasteiger charge is 2.42. The van der Waals surface area contributed by atoms with Crippen LogP contribution in [0.15, 0.2) is 66.7 Å². The molecule has 1 aliphatic heterocycles. The number of amides is 1. The van der Waals surface area contributed by atoms with E-state index in [1.807, 2.05) is 73.2 Å². The molecule has 3 rings (SSSR count). The molecule has 9 heteroatoms. The van der Waals surface area contributed by atoms with Crippen molar-refractivity contribution in [2.45, 2.75) is 51.1 Å². The Kier molecular flexibility index (Phi) is 8.93. The van der Waals surface area contributed by atoms with Crippen LogP contribution in [0.2, 0.25) is 0 Å². The Labute approximate surface area is 207 Å². The normalized spacial score (nSPS) is 21.1. The van der Waals surface area contributed by atoms with Crippen molar-refractivity contribution in [1.82, 2.24) is 4.72 Å². The van der Waals surface area contributed by atoms with E-state index < -0.39 is 33.9 Å². The number of para-hydroxylation sites is 2. The predicted octanol–water partition coefficient (Wildman–Crippen LogP) is 4.08. The van der Waals surface area contributed by atoms with Crippen LogP contribution in [0.4, 0.5) is 0 Å². The van der Waals surface area contributed by atoms with Crippen molar-refractivity contribution in [3.8, 4) is 11.5 Å². The standard InChI is InChI=1S/C26H33NO7S/c1-26(2,34-20-13-7-5-8-14-20)25-32-18-19(24(33-25)21-15-10-11-16-22(21)28)12-6-4-9-17-23(29)27-35(3,30)31/h4-8,10-11,13-16,19,24-25,28H,9,12,17-18H2,1-3H3,(H,27,29)/b6-4-. The van der Waals surface area contributed by atoms with Gasteiger partial charge in [-0.1, -0.05) is 48.6 Å². The molecule has 2 N–H and O–H groups in total. The van der Waals surface area contributed by atoms with Gasteiger partial charge in [0.25, 0.3) is 0 Å². The van der Waals surface area contributed by atoms with Crippen LogP contribution in [0.25, 0.3) is 0 Å². The summed E-state index contributed by atoms with van der Waals surface area (Å²) < 4.78 is 42.8. The lowest BCUT2D eigenvalue weighted by molar-refractivity contribution is -0.288. The molecule has 1 aliphatic rings. The molecule has 2 aromatic rings. The summed E-state index contributed by atoms with van der Waals surface area (Å²) in [6, 6.07) is 16.5. The fraction of sp³-hybridized carbons (Fsp3) is 0.423. The van der Waals surface area contributed by atoms with Gasteiger partial charge in [-0.25, -0.2) is 8.42 Å². The van der Waals surface area contributed by atoms with E-state index in [1.54, 1.807) is 12.1 Å². The Balaban J connectivity index is 1.67. The van der Waals surface area contributed by atoms with Crippen molar-refractivity contribution in [1.29, 1.82) is 0 Å². The highest BCUT2D eigenvalue weighted by molar-refractivity contribution is 7.89. The number of benzene rings is 2. The second-order valence-electron chi connectivity index (χ2n) is 9.10. The summed E-state index contributed by atoms with van der Waals surface area (Å²) in [4.78, 5) is 11.7. The SMILES string of the molecule is CC(C)(Oc1ccccc1)C1OCC(C/C=C\CCC(=O)NS(C)(=O)=O)C(c2ccccc2O)O1. The number of rotatable bonds is 10. The molecule has 3 atom stereocenters. The Morgan fingerprint density at radius 1 is 1.14 bits per heavy atom. The number of sulfonamides is 1. The van der Waals surface area contributed by atoms with E-state index in [0.717, 1.165) is 6.26 Å². The van der Waals surface area contributed by atoms with Crippen LogP contribution in [0.1, 0.15) is 44.8 Å². The maximum Gasteiger partial charge on any atom is 0.233 e. The molecule has 1 saturated heterocycles. The second kappa shape index (κ2) is 11.7. The Hall–Kier alpha value is -2.88. The molecule has 0 saturated carbocycles. The van der Waals surface area contributed by atoms with Gasteiger partial charge in [0.05, 0.1) is 19.0 Å². The van der Waals surface area contributed by atoms with Crippen LogP contribution in [0.5, 0.6) is 11.5 Å². The number of carbonyl (C=O) groups is 1. The van der Waals surface area contributed by atoms with E-state index in [1.165, 1.54) is 0 Å². The molecule has 35 heavy (non-hydrogen) atoms. The number of phenols is 1. The first kappa shape index (κ1) is 26.7. The van der Waals surface area contributed by atoms with Gasteiger partial charge in [-0.05, 0) is 44.9 Å². The van der Waals surface area contributed by atoms with Gasteiger partial charge in [0.2, 0.25) is 15.9 Å². The van der Waals surface area contributed by atoms with Crippen LogP contribution < -0.4 is 9.46 Å². The second-order valence-corrected chi connectivity index (χ2v) is 10.9. The van der Waals surface area contributed by atoms with Crippen molar-refractivity contribution < 1.29 is 32.5 Å². The minimum atomic E-state index is -3.55. The van der Waals surface area contributed by atoms with Gasteiger partial charge >= 0.3 is 0 Å². The highest BCUT2D eigenvalue weighted by atomic mass is 32.2. The summed E-state index contributed by atoms with van der Waals surface area (Å²) in [5.41, 5.74) is -0.125. The molecule has 1 amide bonds. The summed E-state index contributed by atoms with van der Waals surface area (Å²) in [6.45, 7) is 4.17. The molecule has 1 heterocycles. The Morgan fingerprint density at radius 2 is 1.83 bits per heavy atom. The molecule has 3 unspecified atom stereocenters. The molecule has 0 radical (unpaired) electrons. The summed E-state index contributed by atoms with van der Waals surface area (Å²) >= 11 is 0. The van der Waals surface area contributed by atoms with Crippen molar-refractivity contribution in [3.05, 3.63) is 72.3 Å². The van der Waals surface area contributed by atoms with E-state index in [9.17, 15) is 18.3 Å². The molecule has 0 spiro atoms. The molecule has 8 nitrogen and oxygen atoms in total. The number of nitrogens with one attached hydrogen (secondary N) is 1.